The van der Waals surface area contributed by atoms with Crippen molar-refractivity contribution < 1.29 is 9.53 Å². The second-order valence-corrected chi connectivity index (χ2v) is 5.00. The number of halogens is 1. The third-order valence-electron chi connectivity index (χ3n) is 2.45. The molecule has 17 heavy (non-hydrogen) atoms. The molecule has 0 saturated carbocycles. The molecule has 3 heteroatoms. The van der Waals surface area contributed by atoms with Crippen LogP contribution < -0.4 is 4.74 Å². The number of hydrogen-bond acceptors (Lipinski definition) is 2. The SMILES string of the molecule is CC(C)CCCC(=O)COc1ccc(Cl)cc1. The first-order valence-electron chi connectivity index (χ1n) is 5.98. The number of Topliss-reactive ketones (excluding diaryl/α,β-unsaturated/α-hetero) is 1. The van der Waals surface area contributed by atoms with Gasteiger partial charge < -0.3 is 4.74 Å². The van der Waals surface area contributed by atoms with E-state index in [-0.39, 0.29) is 12.4 Å². The topological polar surface area (TPSA) is 26.3 Å². The molecule has 0 N–H and O–H groups in total. The summed E-state index contributed by atoms with van der Waals surface area (Å²) < 4.78 is 5.37. The van der Waals surface area contributed by atoms with Crippen molar-refractivity contribution in [1.29, 1.82) is 0 Å². The van der Waals surface area contributed by atoms with Gasteiger partial charge in [-0.1, -0.05) is 31.9 Å². The van der Waals surface area contributed by atoms with Crippen LogP contribution in [0, 0.1) is 5.92 Å². The van der Waals surface area contributed by atoms with Crippen LogP contribution in [0.2, 0.25) is 5.02 Å². The molecule has 0 spiro atoms. The number of benzene rings is 1. The third kappa shape index (κ3) is 6.32. The molecule has 0 aliphatic rings. The van der Waals surface area contributed by atoms with Gasteiger partial charge in [-0.15, -0.1) is 0 Å². The number of rotatable bonds is 7. The lowest BCUT2D eigenvalue weighted by atomic mass is 10.1. The minimum absolute atomic E-state index is 0.153. The van der Waals surface area contributed by atoms with E-state index < -0.39 is 0 Å². The van der Waals surface area contributed by atoms with E-state index in [1.54, 1.807) is 24.3 Å². The van der Waals surface area contributed by atoms with Gasteiger partial charge in [0.1, 0.15) is 12.4 Å². The van der Waals surface area contributed by atoms with Crippen LogP contribution >= 0.6 is 11.6 Å². The van der Waals surface area contributed by atoms with Gasteiger partial charge in [0.15, 0.2) is 5.78 Å². The minimum atomic E-state index is 0.153. The lowest BCUT2D eigenvalue weighted by molar-refractivity contribution is -0.121. The Morgan fingerprint density at radius 1 is 1.29 bits per heavy atom. The lowest BCUT2D eigenvalue weighted by Gasteiger charge is -2.06. The zero-order chi connectivity index (χ0) is 12.7. The maximum Gasteiger partial charge on any atom is 0.170 e. The molecule has 94 valence electrons. The molecule has 1 aromatic rings. The molecule has 1 aromatic carbocycles. The average molecular weight is 255 g/mol. The predicted octanol–water partition coefficient (Wildman–Crippen LogP) is 4.11. The maximum absolute atomic E-state index is 11.5. The van der Waals surface area contributed by atoms with Crippen LogP contribution in [0.4, 0.5) is 0 Å². The fourth-order valence-electron chi connectivity index (χ4n) is 1.47. The molecule has 1 rings (SSSR count). The van der Waals surface area contributed by atoms with Gasteiger partial charge in [-0.25, -0.2) is 0 Å². The van der Waals surface area contributed by atoms with Crippen molar-refractivity contribution >= 4 is 17.4 Å². The number of hydrogen-bond donors (Lipinski definition) is 0. The first-order chi connectivity index (χ1) is 8.08. The van der Waals surface area contributed by atoms with E-state index in [4.69, 9.17) is 16.3 Å². The molecule has 0 fully saturated rings. The normalized spacial score (nSPS) is 10.6. The van der Waals surface area contributed by atoms with Gasteiger partial charge in [-0.2, -0.15) is 0 Å². The van der Waals surface area contributed by atoms with Crippen LogP contribution in [0.1, 0.15) is 33.1 Å². The minimum Gasteiger partial charge on any atom is -0.486 e. The monoisotopic (exact) mass is 254 g/mol. The Balaban J connectivity index is 2.21. The first-order valence-corrected chi connectivity index (χ1v) is 6.36. The zero-order valence-corrected chi connectivity index (χ0v) is 11.2. The second kappa shape index (κ2) is 7.33. The van der Waals surface area contributed by atoms with E-state index in [2.05, 4.69) is 13.8 Å². The second-order valence-electron chi connectivity index (χ2n) is 4.57. The molecule has 0 aliphatic heterocycles. The standard InChI is InChI=1S/C14H19ClO2/c1-11(2)4-3-5-13(16)10-17-14-8-6-12(15)7-9-14/h6-9,11H,3-5,10H2,1-2H3. The smallest absolute Gasteiger partial charge is 0.170 e. The van der Waals surface area contributed by atoms with E-state index >= 15 is 0 Å². The van der Waals surface area contributed by atoms with Crippen LogP contribution in [0.25, 0.3) is 0 Å². The Kier molecular flexibility index (Phi) is 6.06. The molecule has 0 radical (unpaired) electrons. The highest BCUT2D eigenvalue weighted by Crippen LogP contribution is 2.15. The van der Waals surface area contributed by atoms with Crippen molar-refractivity contribution in [3.63, 3.8) is 0 Å². The van der Waals surface area contributed by atoms with Gasteiger partial charge in [0.2, 0.25) is 0 Å². The van der Waals surface area contributed by atoms with Gasteiger partial charge in [-0.3, -0.25) is 4.79 Å². The fraction of sp³-hybridized carbons (Fsp3) is 0.500. The molecule has 2 nitrogen and oxygen atoms in total. The highest BCUT2D eigenvalue weighted by Gasteiger charge is 2.04. The van der Waals surface area contributed by atoms with E-state index in [1.165, 1.54) is 0 Å². The predicted molar refractivity (Wildman–Crippen MR) is 70.6 cm³/mol. The van der Waals surface area contributed by atoms with Crippen molar-refractivity contribution in [2.75, 3.05) is 6.61 Å². The Morgan fingerprint density at radius 2 is 1.94 bits per heavy atom. The molecule has 0 unspecified atom stereocenters. The summed E-state index contributed by atoms with van der Waals surface area (Å²) in [6.07, 6.45) is 2.64. The number of carbonyl (C=O) groups is 1. The summed E-state index contributed by atoms with van der Waals surface area (Å²) in [5.41, 5.74) is 0. The maximum atomic E-state index is 11.5. The highest BCUT2D eigenvalue weighted by molar-refractivity contribution is 6.30. The summed E-state index contributed by atoms with van der Waals surface area (Å²) >= 11 is 5.75. The van der Waals surface area contributed by atoms with Crippen LogP contribution in [-0.2, 0) is 4.79 Å². The van der Waals surface area contributed by atoms with Crippen LogP contribution in [0.3, 0.4) is 0 Å². The van der Waals surface area contributed by atoms with Gasteiger partial charge in [-0.05, 0) is 36.6 Å². The van der Waals surface area contributed by atoms with E-state index in [0.29, 0.717) is 23.1 Å². The largest absolute Gasteiger partial charge is 0.486 e. The molecule has 0 saturated heterocycles. The number of carbonyl (C=O) groups excluding carboxylic acids is 1. The molecule has 0 bridgehead atoms. The first kappa shape index (κ1) is 14.0. The highest BCUT2D eigenvalue weighted by atomic mass is 35.5. The van der Waals surface area contributed by atoms with Crippen molar-refractivity contribution in [3.8, 4) is 5.75 Å². The molecule has 0 atom stereocenters. The lowest BCUT2D eigenvalue weighted by Crippen LogP contribution is -2.11. The average Bonchev–Trinajstić information content (AvgIpc) is 2.28. The quantitative estimate of drug-likeness (QED) is 0.732. The Hall–Kier alpha value is -1.02. The fourth-order valence-corrected chi connectivity index (χ4v) is 1.60. The van der Waals surface area contributed by atoms with Gasteiger partial charge >= 0.3 is 0 Å². The van der Waals surface area contributed by atoms with Crippen LogP contribution in [0.15, 0.2) is 24.3 Å². The van der Waals surface area contributed by atoms with Gasteiger partial charge in [0.05, 0.1) is 0 Å². The Labute approximate surface area is 108 Å². The van der Waals surface area contributed by atoms with Crippen LogP contribution in [0.5, 0.6) is 5.75 Å². The van der Waals surface area contributed by atoms with Crippen molar-refractivity contribution in [3.05, 3.63) is 29.3 Å². The summed E-state index contributed by atoms with van der Waals surface area (Å²) in [5, 5.41) is 0.667. The summed E-state index contributed by atoms with van der Waals surface area (Å²) in [6.45, 7) is 4.48. The molecule has 0 amide bonds. The van der Waals surface area contributed by atoms with E-state index in [0.717, 1.165) is 12.8 Å². The molecular formula is C14H19ClO2. The van der Waals surface area contributed by atoms with Crippen LogP contribution in [-0.4, -0.2) is 12.4 Å². The molecular weight excluding hydrogens is 236 g/mol. The van der Waals surface area contributed by atoms with E-state index in [9.17, 15) is 4.79 Å². The molecule has 0 aliphatic carbocycles. The van der Waals surface area contributed by atoms with Crippen molar-refractivity contribution in [2.45, 2.75) is 33.1 Å². The van der Waals surface area contributed by atoms with Crippen molar-refractivity contribution in [2.24, 2.45) is 5.92 Å². The number of ketones is 1. The van der Waals surface area contributed by atoms with Crippen molar-refractivity contribution in [1.82, 2.24) is 0 Å². The summed E-state index contributed by atoms with van der Waals surface area (Å²) in [4.78, 5) is 11.5. The Bertz CT molecular complexity index is 344. The van der Waals surface area contributed by atoms with Gasteiger partial charge in [0, 0.05) is 11.4 Å². The zero-order valence-electron chi connectivity index (χ0n) is 10.4. The van der Waals surface area contributed by atoms with Gasteiger partial charge in [0.25, 0.3) is 0 Å². The number of ether oxygens (including phenoxy) is 1. The van der Waals surface area contributed by atoms with E-state index in [1.807, 2.05) is 0 Å². The Morgan fingerprint density at radius 3 is 2.53 bits per heavy atom. The molecule has 0 aromatic heterocycles. The third-order valence-corrected chi connectivity index (χ3v) is 2.70. The molecule has 0 heterocycles. The summed E-state index contributed by atoms with van der Waals surface area (Å²) in [5.74, 6) is 1.49. The summed E-state index contributed by atoms with van der Waals surface area (Å²) in [6, 6.07) is 7.04. The summed E-state index contributed by atoms with van der Waals surface area (Å²) in [7, 11) is 0.